The maximum atomic E-state index is 13.1. The van der Waals surface area contributed by atoms with Gasteiger partial charge in [0.25, 0.3) is 5.91 Å². The molecular formula is C24H18F3N3O3. The Morgan fingerprint density at radius 1 is 0.909 bits per heavy atom. The molecule has 9 heteroatoms. The van der Waals surface area contributed by atoms with Gasteiger partial charge in [0.1, 0.15) is 11.5 Å². The number of hydrazone groups is 1. The predicted molar refractivity (Wildman–Crippen MR) is 116 cm³/mol. The zero-order valence-electron chi connectivity index (χ0n) is 17.3. The van der Waals surface area contributed by atoms with Crippen LogP contribution < -0.4 is 15.5 Å². The first-order valence-corrected chi connectivity index (χ1v) is 9.92. The van der Waals surface area contributed by atoms with Crippen molar-refractivity contribution >= 4 is 23.2 Å². The number of fused-ring (bicyclic) bond motifs is 2. The van der Waals surface area contributed by atoms with Gasteiger partial charge >= 0.3 is 12.1 Å². The van der Waals surface area contributed by atoms with Crippen LogP contribution in [0.3, 0.4) is 0 Å². The van der Waals surface area contributed by atoms with Crippen LogP contribution in [0.1, 0.15) is 29.5 Å². The summed E-state index contributed by atoms with van der Waals surface area (Å²) in [7, 11) is 0. The number of nitrogens with zero attached hydrogens (tertiary/aromatic N) is 1. The van der Waals surface area contributed by atoms with Gasteiger partial charge in [-0.1, -0.05) is 48.5 Å². The first-order chi connectivity index (χ1) is 15.7. The van der Waals surface area contributed by atoms with Gasteiger partial charge in [0.05, 0.1) is 11.6 Å². The molecule has 0 spiro atoms. The molecule has 2 amide bonds. The molecule has 3 aromatic carbocycles. The summed E-state index contributed by atoms with van der Waals surface area (Å²) in [6.45, 7) is 1.59. The number of alkyl halides is 3. The number of carbonyl (C=O) groups excluding carboxylic acids is 2. The summed E-state index contributed by atoms with van der Waals surface area (Å²) in [5, 5.41) is 5.92. The number of carbonyl (C=O) groups is 2. The molecule has 0 aromatic heterocycles. The zero-order chi connectivity index (χ0) is 23.6. The van der Waals surface area contributed by atoms with E-state index in [9.17, 15) is 22.8 Å². The monoisotopic (exact) mass is 453 g/mol. The third-order valence-corrected chi connectivity index (χ3v) is 5.07. The fourth-order valence-electron chi connectivity index (χ4n) is 3.48. The number of para-hydroxylation sites is 2. The number of benzene rings is 3. The Hall–Kier alpha value is -4.14. The van der Waals surface area contributed by atoms with Gasteiger partial charge in [-0.2, -0.15) is 18.3 Å². The van der Waals surface area contributed by atoms with Gasteiger partial charge in [-0.15, -0.1) is 0 Å². The van der Waals surface area contributed by atoms with Crippen LogP contribution in [0.25, 0.3) is 0 Å². The SMILES string of the molecule is C/C(=N\NC(=O)C1c2ccccc2Oc2ccccc21)c1cccc(NC(=O)C(F)(F)F)c1. The average molecular weight is 453 g/mol. The lowest BCUT2D eigenvalue weighted by Gasteiger charge is -2.26. The standard InChI is InChI=1S/C24H18F3N3O3/c1-14(15-7-6-8-16(13-15)28-23(32)24(25,26)27)29-30-22(31)21-17-9-2-4-11-19(17)33-20-12-5-3-10-18(20)21/h2-13,21H,1H3,(H,28,32)(H,30,31)/b29-14+. The molecule has 1 aliphatic heterocycles. The third-order valence-electron chi connectivity index (χ3n) is 5.07. The Balaban J connectivity index is 1.55. The molecule has 0 saturated heterocycles. The van der Waals surface area contributed by atoms with Crippen LogP contribution in [0, 0.1) is 0 Å². The van der Waals surface area contributed by atoms with Crippen molar-refractivity contribution in [2.45, 2.75) is 19.0 Å². The molecule has 6 nitrogen and oxygen atoms in total. The fourth-order valence-corrected chi connectivity index (χ4v) is 3.48. The maximum absolute atomic E-state index is 13.1. The molecule has 0 radical (unpaired) electrons. The molecule has 4 rings (SSSR count). The van der Waals surface area contributed by atoms with E-state index < -0.39 is 18.0 Å². The predicted octanol–water partition coefficient (Wildman–Crippen LogP) is 4.97. The highest BCUT2D eigenvalue weighted by molar-refractivity contribution is 6.02. The van der Waals surface area contributed by atoms with Crippen molar-refractivity contribution in [1.82, 2.24) is 5.43 Å². The van der Waals surface area contributed by atoms with Crippen molar-refractivity contribution < 1.29 is 27.5 Å². The molecule has 1 heterocycles. The molecule has 2 N–H and O–H groups in total. The van der Waals surface area contributed by atoms with Gasteiger partial charge in [-0.3, -0.25) is 9.59 Å². The van der Waals surface area contributed by atoms with Crippen LogP contribution in [-0.2, 0) is 9.59 Å². The number of anilines is 1. The summed E-state index contributed by atoms with van der Waals surface area (Å²) in [4.78, 5) is 24.3. The van der Waals surface area contributed by atoms with E-state index in [-0.39, 0.29) is 11.6 Å². The molecule has 33 heavy (non-hydrogen) atoms. The maximum Gasteiger partial charge on any atom is 0.471 e. The van der Waals surface area contributed by atoms with Crippen LogP contribution in [0.2, 0.25) is 0 Å². The van der Waals surface area contributed by atoms with Crippen molar-refractivity contribution in [1.29, 1.82) is 0 Å². The van der Waals surface area contributed by atoms with Gasteiger partial charge in [0.15, 0.2) is 0 Å². The van der Waals surface area contributed by atoms with Crippen molar-refractivity contribution in [3.63, 3.8) is 0 Å². The Labute approximate surface area is 187 Å². The topological polar surface area (TPSA) is 79.8 Å². The molecule has 0 atom stereocenters. The van der Waals surface area contributed by atoms with Crippen LogP contribution >= 0.6 is 0 Å². The minimum absolute atomic E-state index is 0.0389. The van der Waals surface area contributed by atoms with E-state index in [0.29, 0.717) is 33.9 Å². The third kappa shape index (κ3) is 4.72. The number of halogens is 3. The lowest BCUT2D eigenvalue weighted by Crippen LogP contribution is -2.30. The molecular weight excluding hydrogens is 435 g/mol. The van der Waals surface area contributed by atoms with Crippen molar-refractivity contribution in [3.05, 3.63) is 89.5 Å². The highest BCUT2D eigenvalue weighted by atomic mass is 19.4. The van der Waals surface area contributed by atoms with E-state index in [0.717, 1.165) is 0 Å². The van der Waals surface area contributed by atoms with Gasteiger partial charge in [-0.05, 0) is 36.8 Å². The van der Waals surface area contributed by atoms with E-state index in [1.54, 1.807) is 42.6 Å². The van der Waals surface area contributed by atoms with E-state index in [1.807, 2.05) is 24.3 Å². The summed E-state index contributed by atoms with van der Waals surface area (Å²) in [6, 6.07) is 20.2. The second kappa shape index (κ2) is 8.78. The van der Waals surface area contributed by atoms with Crippen LogP contribution in [0.15, 0.2) is 77.9 Å². The second-order valence-electron chi connectivity index (χ2n) is 7.32. The molecule has 1 aliphatic rings. The lowest BCUT2D eigenvalue weighted by atomic mass is 9.87. The van der Waals surface area contributed by atoms with Crippen LogP contribution in [0.5, 0.6) is 11.5 Å². The number of rotatable bonds is 4. The largest absolute Gasteiger partial charge is 0.471 e. The first-order valence-electron chi connectivity index (χ1n) is 9.92. The number of ether oxygens (including phenoxy) is 1. The molecule has 0 unspecified atom stereocenters. The quantitative estimate of drug-likeness (QED) is 0.433. The first kappa shape index (κ1) is 22.1. The van der Waals surface area contributed by atoms with E-state index in [1.165, 1.54) is 18.2 Å². The Morgan fingerprint density at radius 2 is 1.52 bits per heavy atom. The van der Waals surface area contributed by atoms with E-state index in [2.05, 4.69) is 10.5 Å². The Morgan fingerprint density at radius 3 is 2.12 bits per heavy atom. The van der Waals surface area contributed by atoms with Crippen molar-refractivity contribution in [3.8, 4) is 11.5 Å². The Kier molecular flexibility index (Phi) is 5.87. The second-order valence-corrected chi connectivity index (χ2v) is 7.32. The van der Waals surface area contributed by atoms with Crippen molar-refractivity contribution in [2.75, 3.05) is 5.32 Å². The summed E-state index contributed by atoms with van der Waals surface area (Å²) >= 11 is 0. The van der Waals surface area contributed by atoms with Gasteiger partial charge in [0.2, 0.25) is 0 Å². The molecule has 168 valence electrons. The van der Waals surface area contributed by atoms with Gasteiger partial charge in [0, 0.05) is 16.8 Å². The Bertz CT molecular complexity index is 1210. The van der Waals surface area contributed by atoms with Gasteiger partial charge < -0.3 is 10.1 Å². The molecule has 0 bridgehead atoms. The zero-order valence-corrected chi connectivity index (χ0v) is 17.3. The summed E-state index contributed by atoms with van der Waals surface area (Å²) in [6.07, 6.45) is -5.00. The van der Waals surface area contributed by atoms with Crippen LogP contribution in [0.4, 0.5) is 18.9 Å². The molecule has 0 fully saturated rings. The molecule has 3 aromatic rings. The van der Waals surface area contributed by atoms with E-state index in [4.69, 9.17) is 4.74 Å². The summed E-state index contributed by atoms with van der Waals surface area (Å²) < 4.78 is 43.4. The minimum Gasteiger partial charge on any atom is -0.457 e. The number of hydrogen-bond acceptors (Lipinski definition) is 4. The number of amides is 2. The van der Waals surface area contributed by atoms with E-state index >= 15 is 0 Å². The highest BCUT2D eigenvalue weighted by Gasteiger charge is 2.38. The van der Waals surface area contributed by atoms with Gasteiger partial charge in [-0.25, -0.2) is 5.43 Å². The summed E-state index contributed by atoms with van der Waals surface area (Å²) in [5.41, 5.74) is 4.67. The smallest absolute Gasteiger partial charge is 0.457 e. The summed E-state index contributed by atoms with van der Waals surface area (Å²) in [5.74, 6) is -1.96. The van der Waals surface area contributed by atoms with Crippen LogP contribution in [-0.4, -0.2) is 23.7 Å². The number of hydrogen-bond donors (Lipinski definition) is 2. The normalized spacial score (nSPS) is 13.4. The minimum atomic E-state index is -5.00. The molecule has 0 aliphatic carbocycles. The molecule has 0 saturated carbocycles. The average Bonchev–Trinajstić information content (AvgIpc) is 2.80. The lowest BCUT2D eigenvalue weighted by molar-refractivity contribution is -0.167. The highest BCUT2D eigenvalue weighted by Crippen LogP contribution is 2.43. The number of nitrogens with one attached hydrogen (secondary N) is 2. The van der Waals surface area contributed by atoms with Crippen molar-refractivity contribution in [2.24, 2.45) is 5.10 Å². The fraction of sp³-hybridized carbons (Fsp3) is 0.125.